The number of rotatable bonds is 4. The van der Waals surface area contributed by atoms with Crippen LogP contribution in [0.4, 0.5) is 18.9 Å². The second-order valence-corrected chi connectivity index (χ2v) is 5.09. The van der Waals surface area contributed by atoms with Crippen LogP contribution in [0.15, 0.2) is 48.9 Å². The van der Waals surface area contributed by atoms with Gasteiger partial charge in [-0.25, -0.2) is 0 Å². The highest BCUT2D eigenvalue weighted by molar-refractivity contribution is 5.91. The fraction of sp³-hybridized carbons (Fsp3) is 0.200. The molecular formula is C15H13F3N4O. The lowest BCUT2D eigenvalue weighted by Gasteiger charge is -2.06. The van der Waals surface area contributed by atoms with Crippen LogP contribution in [-0.4, -0.2) is 26.4 Å². The van der Waals surface area contributed by atoms with E-state index in [2.05, 4.69) is 10.4 Å². The molecule has 0 saturated heterocycles. The van der Waals surface area contributed by atoms with Gasteiger partial charge >= 0.3 is 6.18 Å². The Morgan fingerprint density at radius 1 is 1.22 bits per heavy atom. The highest BCUT2D eigenvalue weighted by atomic mass is 19.4. The molecule has 0 aliphatic carbocycles. The van der Waals surface area contributed by atoms with Gasteiger partial charge in [0.1, 0.15) is 13.1 Å². The number of alkyl halides is 3. The molecule has 1 amide bonds. The molecule has 0 aliphatic rings. The summed E-state index contributed by atoms with van der Waals surface area (Å²) < 4.78 is 39.3. The average molecular weight is 322 g/mol. The summed E-state index contributed by atoms with van der Waals surface area (Å²) in [6.45, 7) is -1.12. The van der Waals surface area contributed by atoms with Crippen LogP contribution in [0.2, 0.25) is 0 Å². The quantitative estimate of drug-likeness (QED) is 0.803. The Hall–Kier alpha value is -2.77. The Kier molecular flexibility index (Phi) is 3.81. The Labute approximate surface area is 129 Å². The molecule has 23 heavy (non-hydrogen) atoms. The zero-order valence-corrected chi connectivity index (χ0v) is 11.9. The standard InChI is InChI=1S/C15H13F3N4O/c16-15(17,18)10-22-8-12(7-19-22)20-14(23)9-21-6-5-11-3-1-2-4-13(11)21/h1-8H,9-10H2,(H,20,23). The summed E-state index contributed by atoms with van der Waals surface area (Å²) in [7, 11) is 0. The molecule has 0 aliphatic heterocycles. The first-order valence-corrected chi connectivity index (χ1v) is 6.84. The SMILES string of the molecule is O=C(Cn1ccc2ccccc21)Nc1cnn(CC(F)(F)F)c1. The largest absolute Gasteiger partial charge is 0.408 e. The first kappa shape index (κ1) is 15.1. The summed E-state index contributed by atoms with van der Waals surface area (Å²) in [6, 6.07) is 9.50. The fourth-order valence-electron chi connectivity index (χ4n) is 2.33. The maximum absolute atomic E-state index is 12.3. The molecule has 1 N–H and O–H groups in total. The van der Waals surface area contributed by atoms with Crippen LogP contribution in [0.5, 0.6) is 0 Å². The van der Waals surface area contributed by atoms with Gasteiger partial charge in [-0.2, -0.15) is 18.3 Å². The summed E-state index contributed by atoms with van der Waals surface area (Å²) >= 11 is 0. The van der Waals surface area contributed by atoms with E-state index in [4.69, 9.17) is 0 Å². The number of fused-ring (bicyclic) bond motifs is 1. The highest BCUT2D eigenvalue weighted by Crippen LogP contribution is 2.18. The summed E-state index contributed by atoms with van der Waals surface area (Å²) in [6.07, 6.45) is -0.217. The van der Waals surface area contributed by atoms with Crippen molar-refractivity contribution in [1.82, 2.24) is 14.3 Å². The lowest BCUT2D eigenvalue weighted by atomic mass is 10.2. The maximum Gasteiger partial charge on any atom is 0.408 e. The van der Waals surface area contributed by atoms with Crippen LogP contribution < -0.4 is 5.32 Å². The number of amides is 1. The Bertz CT molecular complexity index is 834. The molecule has 2 heterocycles. The smallest absolute Gasteiger partial charge is 0.338 e. The van der Waals surface area contributed by atoms with E-state index >= 15 is 0 Å². The first-order chi connectivity index (χ1) is 10.9. The van der Waals surface area contributed by atoms with E-state index in [1.807, 2.05) is 30.3 Å². The summed E-state index contributed by atoms with van der Waals surface area (Å²) in [5, 5.41) is 7.13. The van der Waals surface area contributed by atoms with Crippen LogP contribution in [0.1, 0.15) is 0 Å². The zero-order valence-electron chi connectivity index (χ0n) is 11.9. The number of halogens is 3. The number of carbonyl (C=O) groups is 1. The normalized spacial score (nSPS) is 11.8. The summed E-state index contributed by atoms with van der Waals surface area (Å²) in [5.74, 6) is -0.335. The topological polar surface area (TPSA) is 51.9 Å². The molecular weight excluding hydrogens is 309 g/mol. The number of carbonyl (C=O) groups excluding carboxylic acids is 1. The third-order valence-corrected chi connectivity index (χ3v) is 3.25. The van der Waals surface area contributed by atoms with Crippen LogP contribution in [0.3, 0.4) is 0 Å². The van der Waals surface area contributed by atoms with Crippen molar-refractivity contribution in [3.63, 3.8) is 0 Å². The van der Waals surface area contributed by atoms with Crippen LogP contribution in [0.25, 0.3) is 10.9 Å². The Morgan fingerprint density at radius 2 is 2.00 bits per heavy atom. The minimum absolute atomic E-state index is 0.0674. The number of anilines is 1. The van der Waals surface area contributed by atoms with E-state index in [0.29, 0.717) is 0 Å². The molecule has 1 aromatic carbocycles. The van der Waals surface area contributed by atoms with Crippen LogP contribution in [0, 0.1) is 0 Å². The fourth-order valence-corrected chi connectivity index (χ4v) is 2.33. The van der Waals surface area contributed by atoms with Crippen molar-refractivity contribution in [3.05, 3.63) is 48.9 Å². The molecule has 0 atom stereocenters. The molecule has 5 nitrogen and oxygen atoms in total. The third kappa shape index (κ3) is 3.71. The van der Waals surface area contributed by atoms with Gasteiger partial charge < -0.3 is 9.88 Å². The second-order valence-electron chi connectivity index (χ2n) is 5.09. The lowest BCUT2D eigenvalue weighted by molar-refractivity contribution is -0.142. The van der Waals surface area contributed by atoms with E-state index in [1.165, 1.54) is 6.20 Å². The van der Waals surface area contributed by atoms with Crippen molar-refractivity contribution >= 4 is 22.5 Å². The van der Waals surface area contributed by atoms with Gasteiger partial charge in [0.2, 0.25) is 5.91 Å². The number of para-hydroxylation sites is 1. The van der Waals surface area contributed by atoms with Gasteiger partial charge in [-0.1, -0.05) is 18.2 Å². The van der Waals surface area contributed by atoms with E-state index in [-0.39, 0.29) is 18.1 Å². The van der Waals surface area contributed by atoms with Gasteiger partial charge in [-0.05, 0) is 17.5 Å². The molecule has 120 valence electrons. The Balaban J connectivity index is 1.66. The number of aromatic nitrogens is 3. The number of hydrogen-bond donors (Lipinski definition) is 1. The van der Waals surface area contributed by atoms with Gasteiger partial charge in [0.25, 0.3) is 0 Å². The predicted octanol–water partition coefficient (Wildman–Crippen LogP) is 3.04. The molecule has 8 heteroatoms. The minimum atomic E-state index is -4.35. The number of benzene rings is 1. The lowest BCUT2D eigenvalue weighted by Crippen LogP contribution is -2.19. The number of hydrogen-bond acceptors (Lipinski definition) is 2. The minimum Gasteiger partial charge on any atom is -0.338 e. The first-order valence-electron chi connectivity index (χ1n) is 6.84. The van der Waals surface area contributed by atoms with Crippen molar-refractivity contribution in [1.29, 1.82) is 0 Å². The number of nitrogens with zero attached hydrogens (tertiary/aromatic N) is 3. The molecule has 3 aromatic rings. The van der Waals surface area contributed by atoms with Crippen molar-refractivity contribution in [2.45, 2.75) is 19.3 Å². The molecule has 0 unspecified atom stereocenters. The van der Waals surface area contributed by atoms with Gasteiger partial charge in [-0.3, -0.25) is 9.48 Å². The third-order valence-electron chi connectivity index (χ3n) is 3.25. The number of nitrogens with one attached hydrogen (secondary N) is 1. The Morgan fingerprint density at radius 3 is 2.78 bits per heavy atom. The zero-order chi connectivity index (χ0) is 16.4. The molecule has 0 radical (unpaired) electrons. The molecule has 3 rings (SSSR count). The van der Waals surface area contributed by atoms with Gasteiger partial charge in [0.15, 0.2) is 0 Å². The van der Waals surface area contributed by atoms with Gasteiger partial charge in [0, 0.05) is 17.9 Å². The molecule has 0 fully saturated rings. The monoisotopic (exact) mass is 322 g/mol. The van der Waals surface area contributed by atoms with E-state index in [9.17, 15) is 18.0 Å². The maximum atomic E-state index is 12.3. The van der Waals surface area contributed by atoms with E-state index < -0.39 is 12.7 Å². The molecule has 0 spiro atoms. The van der Waals surface area contributed by atoms with Crippen LogP contribution in [-0.2, 0) is 17.9 Å². The van der Waals surface area contributed by atoms with E-state index in [0.717, 1.165) is 21.8 Å². The summed E-state index contributed by atoms with van der Waals surface area (Å²) in [5.41, 5.74) is 1.14. The highest BCUT2D eigenvalue weighted by Gasteiger charge is 2.28. The molecule has 0 saturated carbocycles. The van der Waals surface area contributed by atoms with Crippen molar-refractivity contribution in [2.75, 3.05) is 5.32 Å². The van der Waals surface area contributed by atoms with Crippen molar-refractivity contribution in [2.24, 2.45) is 0 Å². The van der Waals surface area contributed by atoms with Gasteiger partial charge in [0.05, 0.1) is 11.9 Å². The van der Waals surface area contributed by atoms with Crippen LogP contribution >= 0.6 is 0 Å². The molecule has 0 bridgehead atoms. The summed E-state index contributed by atoms with van der Waals surface area (Å²) in [4.78, 5) is 12.0. The predicted molar refractivity (Wildman–Crippen MR) is 78.8 cm³/mol. The van der Waals surface area contributed by atoms with Gasteiger partial charge in [-0.15, -0.1) is 0 Å². The second kappa shape index (κ2) is 5.79. The average Bonchev–Trinajstić information content (AvgIpc) is 3.05. The molecule has 2 aromatic heterocycles. The van der Waals surface area contributed by atoms with E-state index in [1.54, 1.807) is 10.8 Å². The van der Waals surface area contributed by atoms with Crippen molar-refractivity contribution in [3.8, 4) is 0 Å². The van der Waals surface area contributed by atoms with Crippen molar-refractivity contribution < 1.29 is 18.0 Å².